The zero-order valence-electron chi connectivity index (χ0n) is 10.7. The molecule has 0 amide bonds. The van der Waals surface area contributed by atoms with Gasteiger partial charge in [-0.05, 0) is 18.6 Å². The van der Waals surface area contributed by atoms with Gasteiger partial charge in [0.15, 0.2) is 0 Å². The van der Waals surface area contributed by atoms with Gasteiger partial charge in [-0.2, -0.15) is 0 Å². The van der Waals surface area contributed by atoms with Crippen LogP contribution in [0.5, 0.6) is 0 Å². The molecule has 0 aliphatic rings. The van der Waals surface area contributed by atoms with Gasteiger partial charge in [0.2, 0.25) is 0 Å². The fraction of sp³-hybridized carbons (Fsp3) is 0.357. The lowest BCUT2D eigenvalue weighted by molar-refractivity contribution is -0.121. The number of aromatic nitrogens is 3. The molecular formula is C14H17N3O. The molecular weight excluding hydrogens is 226 g/mol. The summed E-state index contributed by atoms with van der Waals surface area (Å²) < 4.78 is 1.79. The van der Waals surface area contributed by atoms with Crippen molar-refractivity contribution >= 4 is 5.78 Å². The van der Waals surface area contributed by atoms with Crippen LogP contribution >= 0.6 is 0 Å². The van der Waals surface area contributed by atoms with E-state index in [9.17, 15) is 4.79 Å². The van der Waals surface area contributed by atoms with Crippen LogP contribution < -0.4 is 0 Å². The van der Waals surface area contributed by atoms with Crippen molar-refractivity contribution in [3.63, 3.8) is 0 Å². The van der Waals surface area contributed by atoms with Crippen molar-refractivity contribution in [3.05, 3.63) is 42.2 Å². The van der Waals surface area contributed by atoms with Gasteiger partial charge >= 0.3 is 0 Å². The average molecular weight is 243 g/mol. The van der Waals surface area contributed by atoms with Gasteiger partial charge in [0, 0.05) is 12.3 Å². The third-order valence-electron chi connectivity index (χ3n) is 2.89. The molecule has 0 saturated heterocycles. The Morgan fingerprint density at radius 2 is 2.00 bits per heavy atom. The van der Waals surface area contributed by atoms with E-state index in [0.29, 0.717) is 12.8 Å². The van der Waals surface area contributed by atoms with E-state index in [0.717, 1.165) is 11.4 Å². The highest BCUT2D eigenvalue weighted by molar-refractivity contribution is 5.80. The smallest absolute Gasteiger partial charge is 0.135 e. The third-order valence-corrected chi connectivity index (χ3v) is 2.89. The van der Waals surface area contributed by atoms with Gasteiger partial charge in [0.25, 0.3) is 0 Å². The van der Waals surface area contributed by atoms with Crippen LogP contribution in [0.1, 0.15) is 26.0 Å². The minimum absolute atomic E-state index is 0.0889. The maximum absolute atomic E-state index is 11.6. The largest absolute Gasteiger partial charge is 0.299 e. The number of hydrogen-bond donors (Lipinski definition) is 0. The summed E-state index contributed by atoms with van der Waals surface area (Å²) >= 11 is 0. The zero-order chi connectivity index (χ0) is 13.0. The highest BCUT2D eigenvalue weighted by Crippen LogP contribution is 2.11. The lowest BCUT2D eigenvalue weighted by Crippen LogP contribution is -2.10. The van der Waals surface area contributed by atoms with Crippen molar-refractivity contribution < 1.29 is 4.79 Å². The fourth-order valence-electron chi connectivity index (χ4n) is 1.75. The summed E-state index contributed by atoms with van der Waals surface area (Å²) in [5.74, 6) is 0.363. The van der Waals surface area contributed by atoms with Crippen LogP contribution in [0.3, 0.4) is 0 Å². The Labute approximate surface area is 107 Å². The van der Waals surface area contributed by atoms with Crippen LogP contribution in [0.25, 0.3) is 5.69 Å². The Balaban J connectivity index is 2.12. The Bertz CT molecular complexity index is 517. The summed E-state index contributed by atoms with van der Waals surface area (Å²) in [6, 6.07) is 9.83. The molecule has 1 aromatic carbocycles. The predicted molar refractivity (Wildman–Crippen MR) is 69.5 cm³/mol. The summed E-state index contributed by atoms with van der Waals surface area (Å²) in [6.45, 7) is 3.85. The lowest BCUT2D eigenvalue weighted by atomic mass is 10.0. The summed E-state index contributed by atoms with van der Waals surface area (Å²) in [6.07, 6.45) is 2.94. The number of rotatable bonds is 5. The Kier molecular flexibility index (Phi) is 3.87. The monoisotopic (exact) mass is 243 g/mol. The van der Waals surface area contributed by atoms with E-state index >= 15 is 0 Å². The van der Waals surface area contributed by atoms with Crippen LogP contribution in [0.2, 0.25) is 0 Å². The Hall–Kier alpha value is -1.97. The molecule has 4 nitrogen and oxygen atoms in total. The number of ketones is 1. The average Bonchev–Trinajstić information content (AvgIpc) is 2.85. The van der Waals surface area contributed by atoms with Crippen LogP contribution in [-0.4, -0.2) is 20.8 Å². The normalized spacial score (nSPS) is 10.8. The molecule has 0 radical (unpaired) electrons. The number of carbonyl (C=O) groups excluding carboxylic acids is 1. The topological polar surface area (TPSA) is 47.8 Å². The van der Waals surface area contributed by atoms with Crippen LogP contribution in [0.15, 0.2) is 36.5 Å². The van der Waals surface area contributed by atoms with E-state index in [-0.39, 0.29) is 11.7 Å². The predicted octanol–water partition coefficient (Wildman–Crippen LogP) is 2.43. The maximum Gasteiger partial charge on any atom is 0.135 e. The first kappa shape index (κ1) is 12.5. The molecule has 0 aliphatic heterocycles. The maximum atomic E-state index is 11.6. The van der Waals surface area contributed by atoms with Gasteiger partial charge in [0.1, 0.15) is 5.78 Å². The Morgan fingerprint density at radius 1 is 1.28 bits per heavy atom. The van der Waals surface area contributed by atoms with E-state index < -0.39 is 0 Å². The standard InChI is InChI=1S/C14H17N3O/c1-11(2)14(18)9-8-13-10-15-16-17(13)12-6-4-3-5-7-12/h3-7,10-11H,8-9H2,1-2H3. The van der Waals surface area contributed by atoms with Gasteiger partial charge in [0.05, 0.1) is 17.6 Å². The molecule has 0 spiro atoms. The second kappa shape index (κ2) is 5.58. The van der Waals surface area contributed by atoms with Crippen molar-refractivity contribution in [2.75, 3.05) is 0 Å². The first-order valence-electron chi connectivity index (χ1n) is 6.16. The highest BCUT2D eigenvalue weighted by atomic mass is 16.1. The summed E-state index contributed by atoms with van der Waals surface area (Å²) in [4.78, 5) is 11.6. The van der Waals surface area contributed by atoms with Crippen molar-refractivity contribution in [2.45, 2.75) is 26.7 Å². The van der Waals surface area contributed by atoms with E-state index in [2.05, 4.69) is 10.3 Å². The van der Waals surface area contributed by atoms with Crippen molar-refractivity contribution in [1.82, 2.24) is 15.0 Å². The van der Waals surface area contributed by atoms with E-state index in [1.807, 2.05) is 44.2 Å². The van der Waals surface area contributed by atoms with Crippen LogP contribution in [0.4, 0.5) is 0 Å². The van der Waals surface area contributed by atoms with Gasteiger partial charge in [-0.1, -0.05) is 37.3 Å². The molecule has 0 fully saturated rings. The Morgan fingerprint density at radius 3 is 2.67 bits per heavy atom. The van der Waals surface area contributed by atoms with Crippen molar-refractivity contribution in [2.24, 2.45) is 5.92 Å². The third kappa shape index (κ3) is 2.83. The second-order valence-electron chi connectivity index (χ2n) is 4.59. The zero-order valence-corrected chi connectivity index (χ0v) is 10.7. The molecule has 2 aromatic rings. The molecule has 0 atom stereocenters. The molecule has 0 saturated carbocycles. The minimum atomic E-state index is 0.0889. The summed E-state index contributed by atoms with van der Waals surface area (Å²) in [7, 11) is 0. The summed E-state index contributed by atoms with van der Waals surface area (Å²) in [5.41, 5.74) is 1.94. The molecule has 0 unspecified atom stereocenters. The van der Waals surface area contributed by atoms with Crippen LogP contribution in [0, 0.1) is 5.92 Å². The number of nitrogens with zero attached hydrogens (tertiary/aromatic N) is 3. The molecule has 18 heavy (non-hydrogen) atoms. The van der Waals surface area contributed by atoms with Gasteiger partial charge in [-0.15, -0.1) is 5.10 Å². The number of aryl methyl sites for hydroxylation is 1. The first-order valence-corrected chi connectivity index (χ1v) is 6.16. The summed E-state index contributed by atoms with van der Waals surface area (Å²) in [5, 5.41) is 7.99. The fourth-order valence-corrected chi connectivity index (χ4v) is 1.75. The van der Waals surface area contributed by atoms with Crippen molar-refractivity contribution in [1.29, 1.82) is 0 Å². The number of benzene rings is 1. The first-order chi connectivity index (χ1) is 8.68. The molecule has 2 rings (SSSR count). The molecule has 1 heterocycles. The van der Waals surface area contributed by atoms with Crippen LogP contribution in [-0.2, 0) is 11.2 Å². The number of carbonyl (C=O) groups is 1. The lowest BCUT2D eigenvalue weighted by Gasteiger charge is -2.06. The number of para-hydroxylation sites is 1. The molecule has 94 valence electrons. The molecule has 4 heteroatoms. The molecule has 0 aliphatic carbocycles. The second-order valence-corrected chi connectivity index (χ2v) is 4.59. The molecule has 0 bridgehead atoms. The number of hydrogen-bond acceptors (Lipinski definition) is 3. The van der Waals surface area contributed by atoms with Gasteiger partial charge in [-0.25, -0.2) is 4.68 Å². The van der Waals surface area contributed by atoms with Gasteiger partial charge in [-0.3, -0.25) is 4.79 Å². The number of Topliss-reactive ketones (excluding diaryl/α,β-unsaturated/α-hetero) is 1. The molecule has 0 N–H and O–H groups in total. The molecule has 1 aromatic heterocycles. The van der Waals surface area contributed by atoms with E-state index in [1.54, 1.807) is 10.9 Å². The van der Waals surface area contributed by atoms with E-state index in [4.69, 9.17) is 0 Å². The van der Waals surface area contributed by atoms with E-state index in [1.165, 1.54) is 0 Å². The quantitative estimate of drug-likeness (QED) is 0.810. The van der Waals surface area contributed by atoms with Gasteiger partial charge < -0.3 is 0 Å². The SMILES string of the molecule is CC(C)C(=O)CCc1cnnn1-c1ccccc1. The minimum Gasteiger partial charge on any atom is -0.299 e. The van der Waals surface area contributed by atoms with Crippen molar-refractivity contribution in [3.8, 4) is 5.69 Å². The highest BCUT2D eigenvalue weighted by Gasteiger charge is 2.11.